The van der Waals surface area contributed by atoms with Gasteiger partial charge in [-0.2, -0.15) is 10.2 Å². The Bertz CT molecular complexity index is 1220. The lowest BCUT2D eigenvalue weighted by molar-refractivity contribution is 0.303. The highest BCUT2D eigenvalue weighted by atomic mass is 79.9. The van der Waals surface area contributed by atoms with Gasteiger partial charge in [-0.25, -0.2) is 4.98 Å². The lowest BCUT2D eigenvalue weighted by atomic mass is 10.3. The third-order valence-corrected chi connectivity index (χ3v) is 5.11. The zero-order valence-corrected chi connectivity index (χ0v) is 19.6. The molecule has 0 saturated carbocycles. The lowest BCUT2D eigenvalue weighted by Crippen LogP contribution is -2.06. The van der Waals surface area contributed by atoms with Gasteiger partial charge in [0.05, 0.1) is 38.3 Å². The van der Waals surface area contributed by atoms with E-state index in [9.17, 15) is 4.79 Å². The molecule has 0 aliphatic rings. The normalized spacial score (nSPS) is 10.4. The number of nitrogens with one attached hydrogen (secondary N) is 3. The number of H-pyrrole nitrogens is 3. The standard InChI is InChI=1S/C11H13BrN4O.C8H7BrN4O/c1-2-5-17-11-7(12)3-4-8(14-11)9-6-10(13)16-15-9;9-4-1-2-5(11-8(4)14)6-3-7(10)13-12-6/h3-4,6H,2,5H2,1H3,(H3,13,15,16);1-3H,(H,11,14)(H3,10,12,13). The summed E-state index contributed by atoms with van der Waals surface area (Å²) in [6.45, 7) is 2.69. The van der Waals surface area contributed by atoms with E-state index >= 15 is 0 Å². The highest BCUT2D eigenvalue weighted by Gasteiger charge is 2.08. The quantitative estimate of drug-likeness (QED) is 0.252. The molecule has 0 bridgehead atoms. The van der Waals surface area contributed by atoms with Crippen molar-refractivity contribution >= 4 is 43.5 Å². The van der Waals surface area contributed by atoms with Crippen LogP contribution in [0.15, 0.2) is 50.1 Å². The van der Waals surface area contributed by atoms with E-state index < -0.39 is 0 Å². The number of anilines is 2. The summed E-state index contributed by atoms with van der Waals surface area (Å²) in [4.78, 5) is 18.3. The smallest absolute Gasteiger partial charge is 0.262 e. The Morgan fingerprint density at radius 3 is 2.16 bits per heavy atom. The number of aromatic nitrogens is 6. The van der Waals surface area contributed by atoms with Gasteiger partial charge >= 0.3 is 0 Å². The maximum absolute atomic E-state index is 11.3. The van der Waals surface area contributed by atoms with E-state index in [0.717, 1.165) is 22.3 Å². The summed E-state index contributed by atoms with van der Waals surface area (Å²) in [5, 5.41) is 13.2. The Balaban J connectivity index is 0.000000179. The first-order valence-corrected chi connectivity index (χ1v) is 10.8. The van der Waals surface area contributed by atoms with Crippen LogP contribution in [0.4, 0.5) is 11.6 Å². The number of nitrogen functional groups attached to an aromatic ring is 2. The predicted octanol–water partition coefficient (Wildman–Crippen LogP) is 3.71. The zero-order valence-electron chi connectivity index (χ0n) is 16.4. The highest BCUT2D eigenvalue weighted by Crippen LogP contribution is 2.27. The molecule has 4 aromatic heterocycles. The second kappa shape index (κ2) is 10.3. The van der Waals surface area contributed by atoms with Gasteiger partial charge in [0.15, 0.2) is 0 Å². The number of nitrogens with two attached hydrogens (primary N) is 2. The van der Waals surface area contributed by atoms with Crippen LogP contribution in [-0.2, 0) is 0 Å². The molecule has 0 unspecified atom stereocenters. The van der Waals surface area contributed by atoms with Crippen LogP contribution in [0.25, 0.3) is 22.8 Å². The van der Waals surface area contributed by atoms with E-state index in [4.69, 9.17) is 16.2 Å². The van der Waals surface area contributed by atoms with Crippen molar-refractivity contribution in [2.24, 2.45) is 0 Å². The fourth-order valence-corrected chi connectivity index (χ4v) is 3.00. The Hall–Kier alpha value is -3.12. The summed E-state index contributed by atoms with van der Waals surface area (Å²) in [7, 11) is 0. The Morgan fingerprint density at radius 1 is 0.935 bits per heavy atom. The van der Waals surface area contributed by atoms with Gasteiger partial charge in [-0.05, 0) is 62.5 Å². The van der Waals surface area contributed by atoms with Crippen LogP contribution >= 0.6 is 31.9 Å². The van der Waals surface area contributed by atoms with Crippen LogP contribution in [0.3, 0.4) is 0 Å². The van der Waals surface area contributed by atoms with E-state index in [1.165, 1.54) is 0 Å². The number of nitrogens with zero attached hydrogens (tertiary/aromatic N) is 3. The van der Waals surface area contributed by atoms with Gasteiger partial charge in [0.1, 0.15) is 11.6 Å². The molecule has 0 amide bonds. The molecule has 0 aliphatic heterocycles. The van der Waals surface area contributed by atoms with Gasteiger partial charge in [-0.15, -0.1) is 0 Å². The lowest BCUT2D eigenvalue weighted by Gasteiger charge is -2.07. The summed E-state index contributed by atoms with van der Waals surface area (Å²) >= 11 is 6.51. The predicted molar refractivity (Wildman–Crippen MR) is 126 cm³/mol. The molecular formula is C19H20Br2N8O2. The fraction of sp³-hybridized carbons (Fsp3) is 0.158. The van der Waals surface area contributed by atoms with E-state index in [1.54, 1.807) is 24.3 Å². The van der Waals surface area contributed by atoms with Crippen molar-refractivity contribution in [2.75, 3.05) is 18.1 Å². The number of halogens is 2. The highest BCUT2D eigenvalue weighted by molar-refractivity contribution is 9.10. The van der Waals surface area contributed by atoms with Gasteiger partial charge in [0, 0.05) is 12.1 Å². The molecule has 0 aliphatic carbocycles. The molecule has 0 radical (unpaired) electrons. The molecular weight excluding hydrogens is 532 g/mol. The zero-order chi connectivity index (χ0) is 22.4. The van der Waals surface area contributed by atoms with Crippen molar-refractivity contribution in [2.45, 2.75) is 13.3 Å². The minimum absolute atomic E-state index is 0.185. The Morgan fingerprint density at radius 2 is 1.58 bits per heavy atom. The molecule has 0 spiro atoms. The van der Waals surface area contributed by atoms with Crippen LogP contribution < -0.4 is 21.8 Å². The first-order valence-electron chi connectivity index (χ1n) is 9.18. The van der Waals surface area contributed by atoms with Crippen molar-refractivity contribution in [3.63, 3.8) is 0 Å². The van der Waals surface area contributed by atoms with Crippen molar-refractivity contribution in [3.8, 4) is 28.7 Å². The molecule has 31 heavy (non-hydrogen) atoms. The number of ether oxygens (including phenoxy) is 1. The van der Waals surface area contributed by atoms with Crippen LogP contribution in [0.1, 0.15) is 13.3 Å². The topological polar surface area (TPSA) is 164 Å². The third kappa shape index (κ3) is 5.95. The Labute approximate surface area is 194 Å². The average molecular weight is 552 g/mol. The van der Waals surface area contributed by atoms with Crippen molar-refractivity contribution < 1.29 is 4.74 Å². The monoisotopic (exact) mass is 550 g/mol. The van der Waals surface area contributed by atoms with Crippen LogP contribution in [0, 0.1) is 0 Å². The number of aromatic amines is 3. The van der Waals surface area contributed by atoms with Gasteiger partial charge in [0.25, 0.3) is 5.56 Å². The summed E-state index contributed by atoms with van der Waals surface area (Å²) in [5.41, 5.74) is 13.7. The molecule has 4 heterocycles. The van der Waals surface area contributed by atoms with E-state index in [1.807, 2.05) is 19.1 Å². The maximum atomic E-state index is 11.3. The molecule has 12 heteroatoms. The molecule has 7 N–H and O–H groups in total. The largest absolute Gasteiger partial charge is 0.477 e. The molecule has 0 aromatic carbocycles. The molecule has 10 nitrogen and oxygen atoms in total. The SMILES string of the molecule is CCCOc1nc(-c2cc(N)n[nH]2)ccc1Br.Nc1cc(-c2ccc(Br)c(=O)[nH]2)[nH]n1. The van der Waals surface area contributed by atoms with E-state index in [-0.39, 0.29) is 5.56 Å². The molecule has 162 valence electrons. The van der Waals surface area contributed by atoms with Crippen molar-refractivity contribution in [1.82, 2.24) is 30.4 Å². The van der Waals surface area contributed by atoms with Crippen LogP contribution in [0.2, 0.25) is 0 Å². The minimum atomic E-state index is -0.185. The summed E-state index contributed by atoms with van der Waals surface area (Å²) in [6.07, 6.45) is 0.940. The van der Waals surface area contributed by atoms with Gasteiger partial charge in [-0.3, -0.25) is 15.0 Å². The number of hydrogen-bond acceptors (Lipinski definition) is 7. The van der Waals surface area contributed by atoms with Crippen molar-refractivity contribution in [1.29, 1.82) is 0 Å². The van der Waals surface area contributed by atoms with Crippen molar-refractivity contribution in [3.05, 3.63) is 55.7 Å². The van der Waals surface area contributed by atoms with Gasteiger partial charge < -0.3 is 21.2 Å². The summed E-state index contributed by atoms with van der Waals surface area (Å²) in [6, 6.07) is 10.6. The molecule has 0 atom stereocenters. The van der Waals surface area contributed by atoms with Gasteiger partial charge in [0.2, 0.25) is 5.88 Å². The molecule has 0 fully saturated rings. The summed E-state index contributed by atoms with van der Waals surface area (Å²) in [5.74, 6) is 1.42. The van der Waals surface area contributed by atoms with Crippen LogP contribution in [0.5, 0.6) is 5.88 Å². The molecule has 4 aromatic rings. The summed E-state index contributed by atoms with van der Waals surface area (Å²) < 4.78 is 6.86. The molecule has 4 rings (SSSR count). The number of rotatable bonds is 5. The molecule has 0 saturated heterocycles. The van der Waals surface area contributed by atoms with E-state index in [0.29, 0.717) is 40.0 Å². The first kappa shape index (κ1) is 22.6. The number of pyridine rings is 2. The first-order chi connectivity index (χ1) is 14.9. The minimum Gasteiger partial charge on any atom is -0.477 e. The van der Waals surface area contributed by atoms with E-state index in [2.05, 4.69) is 62.2 Å². The Kier molecular flexibility index (Phi) is 7.47. The second-order valence-electron chi connectivity index (χ2n) is 6.29. The maximum Gasteiger partial charge on any atom is 0.262 e. The van der Waals surface area contributed by atoms with Gasteiger partial charge in [-0.1, -0.05) is 6.92 Å². The number of hydrogen-bond donors (Lipinski definition) is 5. The fourth-order valence-electron chi connectivity index (χ4n) is 2.43. The third-order valence-electron chi connectivity index (χ3n) is 3.88. The average Bonchev–Trinajstić information content (AvgIpc) is 3.38. The van der Waals surface area contributed by atoms with Crippen LogP contribution in [-0.4, -0.2) is 37.0 Å². The second-order valence-corrected chi connectivity index (χ2v) is 8.00.